The molecular weight excluding hydrogens is 164 g/mol. The van der Waals surface area contributed by atoms with Gasteiger partial charge in [0.15, 0.2) is 5.78 Å². The number of hydrogen-bond donors (Lipinski definition) is 0. The summed E-state index contributed by atoms with van der Waals surface area (Å²) in [5.41, 5.74) is 0.979. The minimum absolute atomic E-state index is 0.143. The molecule has 0 radical (unpaired) electrons. The molecule has 0 saturated carbocycles. The van der Waals surface area contributed by atoms with E-state index in [9.17, 15) is 4.79 Å². The lowest BCUT2D eigenvalue weighted by atomic mass is 9.97. The molecule has 0 aliphatic rings. The molecule has 0 heterocycles. The second-order valence-electron chi connectivity index (χ2n) is 3.65. The highest BCUT2D eigenvalue weighted by atomic mass is 16.5. The van der Waals surface area contributed by atoms with E-state index in [1.165, 1.54) is 0 Å². The summed E-state index contributed by atoms with van der Waals surface area (Å²) in [6, 6.07) is 0. The molecule has 0 bridgehead atoms. The molecule has 76 valence electrons. The highest BCUT2D eigenvalue weighted by molar-refractivity contribution is 5.85. The third-order valence-corrected chi connectivity index (χ3v) is 2.10. The molecule has 0 aromatic heterocycles. The number of carbonyl (C=O) groups is 1. The van der Waals surface area contributed by atoms with Gasteiger partial charge in [0, 0.05) is 13.5 Å². The van der Waals surface area contributed by atoms with Crippen molar-refractivity contribution in [3.8, 4) is 0 Å². The number of Topliss-reactive ketones (excluding diaryl/α,β-unsaturated/α-hetero) is 1. The number of methoxy groups -OCH3 is 1. The molecule has 0 amide bonds. The van der Waals surface area contributed by atoms with E-state index >= 15 is 0 Å². The van der Waals surface area contributed by atoms with Crippen LogP contribution in [0.15, 0.2) is 12.2 Å². The van der Waals surface area contributed by atoms with E-state index in [2.05, 4.69) is 6.58 Å². The van der Waals surface area contributed by atoms with Gasteiger partial charge in [-0.15, -0.1) is 0 Å². The van der Waals surface area contributed by atoms with E-state index < -0.39 is 0 Å². The molecule has 1 unspecified atom stereocenters. The standard InChI is InChI=1S/C11H20O2/c1-6-9(4)7-10(12)11(13-5)8(2)3/h8,11H,4,6-7H2,1-3,5H3. The first-order valence-corrected chi connectivity index (χ1v) is 4.75. The largest absolute Gasteiger partial charge is 0.373 e. The van der Waals surface area contributed by atoms with E-state index in [0.717, 1.165) is 12.0 Å². The lowest BCUT2D eigenvalue weighted by molar-refractivity contribution is -0.130. The van der Waals surface area contributed by atoms with Crippen molar-refractivity contribution >= 4 is 5.78 Å². The van der Waals surface area contributed by atoms with Gasteiger partial charge in [0.1, 0.15) is 6.10 Å². The Morgan fingerprint density at radius 3 is 2.31 bits per heavy atom. The van der Waals surface area contributed by atoms with E-state index in [1.807, 2.05) is 20.8 Å². The highest BCUT2D eigenvalue weighted by Gasteiger charge is 2.21. The van der Waals surface area contributed by atoms with Crippen molar-refractivity contribution in [1.29, 1.82) is 0 Å². The van der Waals surface area contributed by atoms with Crippen LogP contribution in [0, 0.1) is 5.92 Å². The molecule has 0 rings (SSSR count). The molecule has 0 saturated heterocycles. The van der Waals surface area contributed by atoms with Crippen LogP contribution in [-0.4, -0.2) is 19.0 Å². The van der Waals surface area contributed by atoms with Gasteiger partial charge >= 0.3 is 0 Å². The zero-order valence-electron chi connectivity index (χ0n) is 9.09. The van der Waals surface area contributed by atoms with Crippen LogP contribution in [0.3, 0.4) is 0 Å². The second-order valence-corrected chi connectivity index (χ2v) is 3.65. The van der Waals surface area contributed by atoms with Crippen LogP contribution < -0.4 is 0 Å². The fourth-order valence-corrected chi connectivity index (χ4v) is 1.25. The summed E-state index contributed by atoms with van der Waals surface area (Å²) in [4.78, 5) is 11.6. The molecule has 2 nitrogen and oxygen atoms in total. The van der Waals surface area contributed by atoms with Gasteiger partial charge in [0.2, 0.25) is 0 Å². The molecule has 0 N–H and O–H groups in total. The Kier molecular flexibility index (Phi) is 5.63. The summed E-state index contributed by atoms with van der Waals surface area (Å²) >= 11 is 0. The third kappa shape index (κ3) is 4.23. The van der Waals surface area contributed by atoms with Crippen LogP contribution in [0.5, 0.6) is 0 Å². The van der Waals surface area contributed by atoms with Crippen LogP contribution in [0.1, 0.15) is 33.6 Å². The molecule has 0 spiro atoms. The van der Waals surface area contributed by atoms with Gasteiger partial charge in [-0.3, -0.25) is 4.79 Å². The predicted octanol–water partition coefficient (Wildman–Crippen LogP) is 2.58. The van der Waals surface area contributed by atoms with Crippen molar-refractivity contribution < 1.29 is 9.53 Å². The Morgan fingerprint density at radius 2 is 2.00 bits per heavy atom. The second kappa shape index (κ2) is 5.92. The van der Waals surface area contributed by atoms with Gasteiger partial charge in [-0.05, 0) is 12.3 Å². The van der Waals surface area contributed by atoms with E-state index in [4.69, 9.17) is 4.74 Å². The third-order valence-electron chi connectivity index (χ3n) is 2.10. The Hall–Kier alpha value is -0.630. The minimum atomic E-state index is -0.275. The minimum Gasteiger partial charge on any atom is -0.373 e. The normalized spacial score (nSPS) is 13.0. The summed E-state index contributed by atoms with van der Waals surface area (Å²) in [5.74, 6) is 0.381. The van der Waals surface area contributed by atoms with Gasteiger partial charge in [-0.25, -0.2) is 0 Å². The average molecular weight is 184 g/mol. The summed E-state index contributed by atoms with van der Waals surface area (Å²) in [5, 5.41) is 0. The quantitative estimate of drug-likeness (QED) is 0.593. The lowest BCUT2D eigenvalue weighted by Gasteiger charge is -2.17. The number of carbonyl (C=O) groups excluding carboxylic acids is 1. The Bertz CT molecular complexity index is 183. The number of ether oxygens (including phenoxy) is 1. The zero-order chi connectivity index (χ0) is 10.4. The smallest absolute Gasteiger partial charge is 0.165 e. The first kappa shape index (κ1) is 12.4. The summed E-state index contributed by atoms with van der Waals surface area (Å²) in [6.07, 6.45) is 1.04. The first-order valence-electron chi connectivity index (χ1n) is 4.75. The molecular formula is C11H20O2. The van der Waals surface area contributed by atoms with Gasteiger partial charge in [-0.2, -0.15) is 0 Å². The Morgan fingerprint density at radius 1 is 1.46 bits per heavy atom. The topological polar surface area (TPSA) is 26.3 Å². The van der Waals surface area contributed by atoms with Crippen molar-refractivity contribution in [2.75, 3.05) is 7.11 Å². The molecule has 0 aromatic carbocycles. The fourth-order valence-electron chi connectivity index (χ4n) is 1.25. The van der Waals surface area contributed by atoms with Crippen LogP contribution >= 0.6 is 0 Å². The van der Waals surface area contributed by atoms with Crippen molar-refractivity contribution in [1.82, 2.24) is 0 Å². The molecule has 13 heavy (non-hydrogen) atoms. The monoisotopic (exact) mass is 184 g/mol. The number of allylic oxidation sites excluding steroid dienone is 1. The maximum atomic E-state index is 11.6. The molecule has 0 aliphatic carbocycles. The maximum absolute atomic E-state index is 11.6. The van der Waals surface area contributed by atoms with Crippen LogP contribution in [-0.2, 0) is 9.53 Å². The van der Waals surface area contributed by atoms with Crippen molar-refractivity contribution in [3.05, 3.63) is 12.2 Å². The summed E-state index contributed by atoms with van der Waals surface area (Å²) < 4.78 is 5.13. The van der Waals surface area contributed by atoms with Crippen molar-refractivity contribution in [2.24, 2.45) is 5.92 Å². The molecule has 2 heteroatoms. The molecule has 0 aliphatic heterocycles. The van der Waals surface area contributed by atoms with Crippen molar-refractivity contribution in [3.63, 3.8) is 0 Å². The number of rotatable bonds is 6. The van der Waals surface area contributed by atoms with E-state index in [1.54, 1.807) is 7.11 Å². The van der Waals surface area contributed by atoms with Crippen LogP contribution in [0.25, 0.3) is 0 Å². The lowest BCUT2D eigenvalue weighted by Crippen LogP contribution is -2.28. The number of ketones is 1. The summed E-state index contributed by atoms with van der Waals surface area (Å²) in [6.45, 7) is 9.79. The van der Waals surface area contributed by atoms with E-state index in [0.29, 0.717) is 6.42 Å². The molecule has 1 atom stereocenters. The zero-order valence-corrected chi connectivity index (χ0v) is 9.09. The van der Waals surface area contributed by atoms with Gasteiger partial charge in [-0.1, -0.05) is 32.9 Å². The molecule has 0 fully saturated rings. The number of hydrogen-bond acceptors (Lipinski definition) is 2. The SMILES string of the molecule is C=C(CC)CC(=O)C(OC)C(C)C. The Labute approximate surface area is 81.0 Å². The fraction of sp³-hybridized carbons (Fsp3) is 0.727. The molecule has 0 aromatic rings. The first-order chi connectivity index (χ1) is 6.02. The highest BCUT2D eigenvalue weighted by Crippen LogP contribution is 2.13. The average Bonchev–Trinajstić information content (AvgIpc) is 2.04. The van der Waals surface area contributed by atoms with Gasteiger partial charge < -0.3 is 4.74 Å². The predicted molar refractivity (Wildman–Crippen MR) is 54.7 cm³/mol. The van der Waals surface area contributed by atoms with Gasteiger partial charge in [0.05, 0.1) is 0 Å². The van der Waals surface area contributed by atoms with Crippen molar-refractivity contribution in [2.45, 2.75) is 39.7 Å². The van der Waals surface area contributed by atoms with Crippen LogP contribution in [0.4, 0.5) is 0 Å². The van der Waals surface area contributed by atoms with Crippen LogP contribution in [0.2, 0.25) is 0 Å². The van der Waals surface area contributed by atoms with E-state index in [-0.39, 0.29) is 17.8 Å². The maximum Gasteiger partial charge on any atom is 0.165 e. The van der Waals surface area contributed by atoms with Gasteiger partial charge in [0.25, 0.3) is 0 Å². The summed E-state index contributed by atoms with van der Waals surface area (Å²) in [7, 11) is 1.58. The Balaban J connectivity index is 4.14.